The first-order valence-corrected chi connectivity index (χ1v) is 13.2. The van der Waals surface area contributed by atoms with Gasteiger partial charge in [0.1, 0.15) is 0 Å². The van der Waals surface area contributed by atoms with E-state index in [1.807, 2.05) is 0 Å². The molecule has 3 aliphatic carbocycles. The predicted octanol–water partition coefficient (Wildman–Crippen LogP) is 6.23. The van der Waals surface area contributed by atoms with Crippen LogP contribution < -0.4 is 10.6 Å². The Labute approximate surface area is 185 Å². The van der Waals surface area contributed by atoms with E-state index in [1.54, 1.807) is 0 Å². The quantitative estimate of drug-likeness (QED) is 0.617. The summed E-state index contributed by atoms with van der Waals surface area (Å²) < 4.78 is 0. The average Bonchev–Trinajstić information content (AvgIpc) is 2.78. The van der Waals surface area contributed by atoms with Gasteiger partial charge in [-0.3, -0.25) is 10.6 Å². The molecule has 5 rings (SSSR count). The van der Waals surface area contributed by atoms with Crippen molar-refractivity contribution in [1.29, 1.82) is 0 Å². The highest BCUT2D eigenvalue weighted by Crippen LogP contribution is 2.49. The van der Waals surface area contributed by atoms with Crippen LogP contribution in [0.2, 0.25) is 0 Å². The Kier molecular flexibility index (Phi) is 6.53. The molecule has 2 heteroatoms. The molecule has 30 heavy (non-hydrogen) atoms. The fraction of sp³-hybridized carbons (Fsp3) is 0.786. The topological polar surface area (TPSA) is 24.1 Å². The van der Waals surface area contributed by atoms with Gasteiger partial charge in [-0.1, -0.05) is 55.5 Å². The van der Waals surface area contributed by atoms with E-state index in [2.05, 4.69) is 48.7 Å². The largest absolute Gasteiger partial charge is 0.299 e. The number of hydrogen-bond donors (Lipinski definition) is 2. The van der Waals surface area contributed by atoms with Crippen molar-refractivity contribution in [1.82, 2.24) is 10.6 Å². The number of fused-ring (bicyclic) bond motifs is 3. The number of aryl methyl sites for hydroxylation is 2. The summed E-state index contributed by atoms with van der Waals surface area (Å²) in [5.74, 6) is 4.70. The minimum atomic E-state index is 0.496. The molecule has 1 heterocycles. The lowest BCUT2D eigenvalue weighted by atomic mass is 9.58. The van der Waals surface area contributed by atoms with Crippen molar-refractivity contribution in [3.8, 4) is 0 Å². The fourth-order valence-corrected chi connectivity index (χ4v) is 7.86. The number of rotatable bonds is 4. The van der Waals surface area contributed by atoms with Crippen LogP contribution in [0.15, 0.2) is 24.3 Å². The first-order chi connectivity index (χ1) is 14.7. The van der Waals surface area contributed by atoms with Gasteiger partial charge in [-0.2, -0.15) is 0 Å². The summed E-state index contributed by atoms with van der Waals surface area (Å²) in [4.78, 5) is 0. The average molecular weight is 409 g/mol. The molecule has 0 amide bonds. The minimum absolute atomic E-state index is 0.496. The molecule has 1 saturated heterocycles. The van der Waals surface area contributed by atoms with E-state index in [4.69, 9.17) is 0 Å². The van der Waals surface area contributed by atoms with Gasteiger partial charge in [0.2, 0.25) is 0 Å². The molecule has 4 aliphatic rings. The molecule has 1 aliphatic heterocycles. The van der Waals surface area contributed by atoms with Crippen molar-refractivity contribution in [3.05, 3.63) is 35.4 Å². The summed E-state index contributed by atoms with van der Waals surface area (Å²) in [6.45, 7) is 4.57. The lowest BCUT2D eigenvalue weighted by Crippen LogP contribution is -2.68. The van der Waals surface area contributed by atoms with Crippen LogP contribution in [-0.2, 0) is 6.42 Å². The van der Waals surface area contributed by atoms with Crippen LogP contribution in [-0.4, -0.2) is 18.2 Å². The molecular formula is C28H44N2. The van der Waals surface area contributed by atoms with E-state index in [0.29, 0.717) is 6.17 Å². The Morgan fingerprint density at radius 3 is 2.30 bits per heavy atom. The van der Waals surface area contributed by atoms with Gasteiger partial charge in [0.15, 0.2) is 0 Å². The van der Waals surface area contributed by atoms with Crippen LogP contribution in [0.25, 0.3) is 0 Å². The standard InChI is InChI=1S/C28H44N2/c1-19-8-10-21(11-9-19)12-13-22-14-16-25-24(18-22)15-17-26-27(23-6-4-3-5-7-23)29-20(2)30-28(25)26/h8-11,20,22-30H,3-7,12-18H2,1-2H3. The Morgan fingerprint density at radius 2 is 1.50 bits per heavy atom. The molecule has 2 N–H and O–H groups in total. The van der Waals surface area contributed by atoms with Crippen molar-refractivity contribution >= 4 is 0 Å². The molecule has 3 saturated carbocycles. The van der Waals surface area contributed by atoms with Crippen LogP contribution in [0.3, 0.4) is 0 Å². The first-order valence-electron chi connectivity index (χ1n) is 13.2. The molecule has 166 valence electrons. The van der Waals surface area contributed by atoms with Crippen molar-refractivity contribution < 1.29 is 0 Å². The second-order valence-electron chi connectivity index (χ2n) is 11.4. The summed E-state index contributed by atoms with van der Waals surface area (Å²) in [5, 5.41) is 8.07. The third-order valence-electron chi connectivity index (χ3n) is 9.41. The van der Waals surface area contributed by atoms with Crippen molar-refractivity contribution in [2.45, 2.75) is 109 Å². The van der Waals surface area contributed by atoms with Gasteiger partial charge >= 0.3 is 0 Å². The maximum Gasteiger partial charge on any atom is 0.0547 e. The summed E-state index contributed by atoms with van der Waals surface area (Å²) in [7, 11) is 0. The Morgan fingerprint density at radius 1 is 0.767 bits per heavy atom. The van der Waals surface area contributed by atoms with Crippen LogP contribution >= 0.6 is 0 Å². The SMILES string of the molecule is Cc1ccc(CCC2CCC3C(CCC4C(C5CCCCC5)NC(C)NC34)C2)cc1. The Bertz CT molecular complexity index is 676. The molecule has 0 radical (unpaired) electrons. The van der Waals surface area contributed by atoms with Gasteiger partial charge in [-0.15, -0.1) is 0 Å². The van der Waals surface area contributed by atoms with Crippen LogP contribution in [0, 0.1) is 36.5 Å². The lowest BCUT2D eigenvalue weighted by Gasteiger charge is -2.55. The zero-order chi connectivity index (χ0) is 20.5. The lowest BCUT2D eigenvalue weighted by molar-refractivity contribution is -0.00697. The van der Waals surface area contributed by atoms with Crippen molar-refractivity contribution in [3.63, 3.8) is 0 Å². The fourth-order valence-electron chi connectivity index (χ4n) is 7.86. The molecule has 0 aromatic heterocycles. The van der Waals surface area contributed by atoms with E-state index in [0.717, 1.165) is 41.7 Å². The molecule has 1 aromatic rings. The second kappa shape index (κ2) is 9.33. The van der Waals surface area contributed by atoms with Crippen LogP contribution in [0.1, 0.15) is 88.7 Å². The van der Waals surface area contributed by atoms with Gasteiger partial charge in [-0.25, -0.2) is 0 Å². The summed E-state index contributed by atoms with van der Waals surface area (Å²) in [6, 6.07) is 10.8. The number of hydrogen-bond acceptors (Lipinski definition) is 2. The molecular weight excluding hydrogens is 364 g/mol. The molecule has 7 unspecified atom stereocenters. The second-order valence-corrected chi connectivity index (χ2v) is 11.4. The maximum absolute atomic E-state index is 4.05. The van der Waals surface area contributed by atoms with Gasteiger partial charge in [0.25, 0.3) is 0 Å². The maximum atomic E-state index is 4.05. The molecule has 2 nitrogen and oxygen atoms in total. The molecule has 4 fully saturated rings. The molecule has 0 bridgehead atoms. The van der Waals surface area contributed by atoms with Crippen molar-refractivity contribution in [2.75, 3.05) is 0 Å². The Hall–Kier alpha value is -0.860. The van der Waals surface area contributed by atoms with E-state index in [-0.39, 0.29) is 0 Å². The van der Waals surface area contributed by atoms with Gasteiger partial charge in [0, 0.05) is 12.1 Å². The number of nitrogens with one attached hydrogen (secondary N) is 2. The normalized spacial score (nSPS) is 39.9. The highest BCUT2D eigenvalue weighted by Gasteiger charge is 2.48. The zero-order valence-electron chi connectivity index (χ0n) is 19.4. The highest BCUT2D eigenvalue weighted by molar-refractivity contribution is 5.21. The molecule has 0 spiro atoms. The van der Waals surface area contributed by atoms with E-state index in [9.17, 15) is 0 Å². The zero-order valence-corrected chi connectivity index (χ0v) is 19.4. The van der Waals surface area contributed by atoms with E-state index in [1.165, 1.54) is 88.2 Å². The third-order valence-corrected chi connectivity index (χ3v) is 9.41. The van der Waals surface area contributed by atoms with E-state index < -0.39 is 0 Å². The van der Waals surface area contributed by atoms with Crippen LogP contribution in [0.4, 0.5) is 0 Å². The molecule has 7 atom stereocenters. The van der Waals surface area contributed by atoms with Gasteiger partial charge in [-0.05, 0) is 100 Å². The van der Waals surface area contributed by atoms with Crippen LogP contribution in [0.5, 0.6) is 0 Å². The Balaban J connectivity index is 1.20. The number of benzene rings is 1. The summed E-state index contributed by atoms with van der Waals surface area (Å²) >= 11 is 0. The van der Waals surface area contributed by atoms with Crippen molar-refractivity contribution in [2.24, 2.45) is 29.6 Å². The first kappa shape index (κ1) is 21.0. The summed E-state index contributed by atoms with van der Waals surface area (Å²) in [5.41, 5.74) is 2.92. The van der Waals surface area contributed by atoms with Gasteiger partial charge < -0.3 is 0 Å². The summed E-state index contributed by atoms with van der Waals surface area (Å²) in [6.07, 6.45) is 17.9. The minimum Gasteiger partial charge on any atom is -0.299 e. The highest BCUT2D eigenvalue weighted by atomic mass is 15.2. The third kappa shape index (κ3) is 4.51. The molecule has 1 aromatic carbocycles. The smallest absolute Gasteiger partial charge is 0.0547 e. The van der Waals surface area contributed by atoms with Gasteiger partial charge in [0.05, 0.1) is 6.17 Å². The predicted molar refractivity (Wildman–Crippen MR) is 126 cm³/mol. The monoisotopic (exact) mass is 408 g/mol. The van der Waals surface area contributed by atoms with E-state index >= 15 is 0 Å².